The van der Waals surface area contributed by atoms with Crippen LogP contribution in [0.2, 0.25) is 0 Å². The first-order valence-corrected chi connectivity index (χ1v) is 9.41. The summed E-state index contributed by atoms with van der Waals surface area (Å²) in [6, 6.07) is 9.78. The minimum atomic E-state index is -0.472. The highest BCUT2D eigenvalue weighted by atomic mass is 32.2. The van der Waals surface area contributed by atoms with E-state index in [1.165, 1.54) is 28.8 Å². The number of nitro groups is 1. The fourth-order valence-corrected chi connectivity index (χ4v) is 3.79. The third kappa shape index (κ3) is 3.75. The van der Waals surface area contributed by atoms with Gasteiger partial charge in [-0.05, 0) is 23.6 Å². The van der Waals surface area contributed by atoms with E-state index < -0.39 is 4.92 Å². The van der Waals surface area contributed by atoms with Crippen molar-refractivity contribution in [2.75, 3.05) is 17.7 Å². The standard InChI is InChI=1S/C16H15N5O3S2/c1-19(11-5-7-12(8-6-11)21(23)24)14(22)10-26-16-18-17-15(20(16)2)13-4-3-9-25-13/h3-9H,10H2,1-2H3. The van der Waals surface area contributed by atoms with Gasteiger partial charge in [-0.25, -0.2) is 0 Å². The lowest BCUT2D eigenvalue weighted by Crippen LogP contribution is -2.28. The van der Waals surface area contributed by atoms with Gasteiger partial charge in [-0.1, -0.05) is 17.8 Å². The Morgan fingerprint density at radius 2 is 2.04 bits per heavy atom. The third-order valence-electron chi connectivity index (χ3n) is 3.72. The Morgan fingerprint density at radius 3 is 2.65 bits per heavy atom. The number of nitro benzene ring substituents is 1. The number of benzene rings is 1. The van der Waals surface area contributed by atoms with Crippen LogP contribution in [0, 0.1) is 10.1 Å². The number of rotatable bonds is 6. The zero-order valence-electron chi connectivity index (χ0n) is 14.0. The van der Waals surface area contributed by atoms with Gasteiger partial charge in [-0.3, -0.25) is 14.9 Å². The van der Waals surface area contributed by atoms with Gasteiger partial charge < -0.3 is 9.47 Å². The maximum atomic E-state index is 12.4. The molecule has 0 atom stereocenters. The molecule has 10 heteroatoms. The van der Waals surface area contributed by atoms with Crippen molar-refractivity contribution in [1.29, 1.82) is 0 Å². The maximum Gasteiger partial charge on any atom is 0.269 e. The van der Waals surface area contributed by atoms with E-state index in [9.17, 15) is 14.9 Å². The SMILES string of the molecule is CN(C(=O)CSc1nnc(-c2cccs2)n1C)c1ccc([N+](=O)[O-])cc1. The molecular formula is C16H15N5O3S2. The third-order valence-corrected chi connectivity index (χ3v) is 5.59. The molecule has 0 saturated carbocycles. The molecule has 1 aromatic carbocycles. The summed E-state index contributed by atoms with van der Waals surface area (Å²) in [4.78, 5) is 25.1. The molecule has 3 rings (SSSR count). The van der Waals surface area contributed by atoms with Crippen LogP contribution in [-0.4, -0.2) is 38.4 Å². The Kier molecular flexibility index (Phi) is 5.33. The summed E-state index contributed by atoms with van der Waals surface area (Å²) >= 11 is 2.88. The van der Waals surface area contributed by atoms with Crippen molar-refractivity contribution in [3.63, 3.8) is 0 Å². The van der Waals surface area contributed by atoms with Gasteiger partial charge in [0.1, 0.15) is 0 Å². The van der Waals surface area contributed by atoms with Crippen LogP contribution < -0.4 is 4.90 Å². The first-order chi connectivity index (χ1) is 12.5. The summed E-state index contributed by atoms with van der Waals surface area (Å²) < 4.78 is 1.86. The zero-order valence-corrected chi connectivity index (χ0v) is 15.7. The predicted molar refractivity (Wildman–Crippen MR) is 102 cm³/mol. The van der Waals surface area contributed by atoms with Crippen molar-refractivity contribution in [2.45, 2.75) is 5.16 Å². The molecule has 2 aromatic heterocycles. The van der Waals surface area contributed by atoms with Crippen molar-refractivity contribution in [2.24, 2.45) is 7.05 Å². The van der Waals surface area contributed by atoms with Crippen molar-refractivity contribution < 1.29 is 9.72 Å². The van der Waals surface area contributed by atoms with Crippen LogP contribution in [0.5, 0.6) is 0 Å². The van der Waals surface area contributed by atoms with Crippen LogP contribution in [0.1, 0.15) is 0 Å². The molecule has 134 valence electrons. The van der Waals surface area contributed by atoms with Crippen molar-refractivity contribution in [3.8, 4) is 10.7 Å². The predicted octanol–water partition coefficient (Wildman–Crippen LogP) is 3.21. The molecule has 3 aromatic rings. The van der Waals surface area contributed by atoms with E-state index in [-0.39, 0.29) is 17.3 Å². The summed E-state index contributed by atoms with van der Waals surface area (Å²) in [5.41, 5.74) is 0.586. The summed E-state index contributed by atoms with van der Waals surface area (Å²) in [5, 5.41) is 21.6. The molecule has 1 amide bonds. The van der Waals surface area contributed by atoms with E-state index in [0.717, 1.165) is 10.7 Å². The average Bonchev–Trinajstić information content (AvgIpc) is 3.29. The molecule has 0 aliphatic carbocycles. The minimum absolute atomic E-state index is 0.0100. The fraction of sp³-hybridized carbons (Fsp3) is 0.188. The molecule has 0 aliphatic rings. The quantitative estimate of drug-likeness (QED) is 0.365. The average molecular weight is 389 g/mol. The lowest BCUT2D eigenvalue weighted by atomic mass is 10.2. The van der Waals surface area contributed by atoms with Gasteiger partial charge in [-0.2, -0.15) is 0 Å². The fourth-order valence-electron chi connectivity index (χ4n) is 2.23. The largest absolute Gasteiger partial charge is 0.315 e. The lowest BCUT2D eigenvalue weighted by Gasteiger charge is -2.16. The molecule has 0 unspecified atom stereocenters. The van der Waals surface area contributed by atoms with Crippen molar-refractivity contribution in [1.82, 2.24) is 14.8 Å². The van der Waals surface area contributed by atoms with Gasteiger partial charge in [0.05, 0.1) is 15.6 Å². The highest BCUT2D eigenvalue weighted by Gasteiger charge is 2.16. The summed E-state index contributed by atoms with van der Waals surface area (Å²) in [6.45, 7) is 0. The van der Waals surface area contributed by atoms with Crippen LogP contribution in [0.15, 0.2) is 46.9 Å². The van der Waals surface area contributed by atoms with Gasteiger partial charge in [0.25, 0.3) is 5.69 Å². The van der Waals surface area contributed by atoms with Crippen LogP contribution >= 0.6 is 23.1 Å². The Hall–Kier alpha value is -2.72. The molecule has 0 spiro atoms. The number of hydrogen-bond acceptors (Lipinski definition) is 7. The Balaban J connectivity index is 1.64. The van der Waals surface area contributed by atoms with Crippen LogP contribution in [0.4, 0.5) is 11.4 Å². The second-order valence-corrected chi connectivity index (χ2v) is 7.25. The number of thiophene rings is 1. The Bertz CT molecular complexity index is 922. The second-order valence-electron chi connectivity index (χ2n) is 5.36. The maximum absolute atomic E-state index is 12.4. The number of carbonyl (C=O) groups is 1. The van der Waals surface area contributed by atoms with Crippen LogP contribution in [0.25, 0.3) is 10.7 Å². The molecule has 26 heavy (non-hydrogen) atoms. The van der Waals surface area contributed by atoms with E-state index in [1.54, 1.807) is 30.5 Å². The molecule has 8 nitrogen and oxygen atoms in total. The number of nitrogens with zero attached hydrogens (tertiary/aromatic N) is 5. The van der Waals surface area contributed by atoms with Gasteiger partial charge >= 0.3 is 0 Å². The van der Waals surface area contributed by atoms with Gasteiger partial charge in [0, 0.05) is 31.9 Å². The highest BCUT2D eigenvalue weighted by molar-refractivity contribution is 7.99. The van der Waals surface area contributed by atoms with Crippen molar-refractivity contribution in [3.05, 3.63) is 51.9 Å². The summed E-state index contributed by atoms with van der Waals surface area (Å²) in [5.74, 6) is 0.812. The topological polar surface area (TPSA) is 94.2 Å². The first-order valence-electron chi connectivity index (χ1n) is 7.54. The van der Waals surface area contributed by atoms with Gasteiger partial charge in [0.15, 0.2) is 11.0 Å². The van der Waals surface area contributed by atoms with E-state index in [0.29, 0.717) is 10.8 Å². The molecule has 0 aliphatic heterocycles. The molecular weight excluding hydrogens is 374 g/mol. The molecule has 0 N–H and O–H groups in total. The number of aromatic nitrogens is 3. The van der Waals surface area contributed by atoms with Gasteiger partial charge in [0.2, 0.25) is 5.91 Å². The summed E-state index contributed by atoms with van der Waals surface area (Å²) in [6.07, 6.45) is 0. The lowest BCUT2D eigenvalue weighted by molar-refractivity contribution is -0.384. The van der Waals surface area contributed by atoms with Crippen LogP contribution in [-0.2, 0) is 11.8 Å². The monoisotopic (exact) mass is 389 g/mol. The van der Waals surface area contributed by atoms with Gasteiger partial charge in [-0.15, -0.1) is 21.5 Å². The number of hydrogen-bond donors (Lipinski definition) is 0. The molecule has 0 fully saturated rings. The minimum Gasteiger partial charge on any atom is -0.315 e. The normalized spacial score (nSPS) is 10.7. The number of carbonyl (C=O) groups excluding carboxylic acids is 1. The highest BCUT2D eigenvalue weighted by Crippen LogP contribution is 2.26. The number of thioether (sulfide) groups is 1. The summed E-state index contributed by atoms with van der Waals surface area (Å²) in [7, 11) is 3.50. The number of anilines is 1. The molecule has 0 saturated heterocycles. The van der Waals surface area contributed by atoms with E-state index in [2.05, 4.69) is 10.2 Å². The molecule has 0 bridgehead atoms. The Labute approximate surface area is 157 Å². The number of amides is 1. The van der Waals surface area contributed by atoms with Crippen LogP contribution in [0.3, 0.4) is 0 Å². The van der Waals surface area contributed by atoms with E-state index in [1.807, 2.05) is 29.1 Å². The molecule has 0 radical (unpaired) electrons. The van der Waals surface area contributed by atoms with Crippen molar-refractivity contribution >= 4 is 40.4 Å². The smallest absolute Gasteiger partial charge is 0.269 e. The second kappa shape index (κ2) is 7.67. The zero-order chi connectivity index (χ0) is 18.7. The van der Waals surface area contributed by atoms with E-state index in [4.69, 9.17) is 0 Å². The Morgan fingerprint density at radius 1 is 1.31 bits per heavy atom. The van der Waals surface area contributed by atoms with E-state index >= 15 is 0 Å². The molecule has 2 heterocycles. The number of non-ortho nitro benzene ring substituents is 1. The first kappa shape index (κ1) is 18.1.